The fourth-order valence-electron chi connectivity index (χ4n) is 3.77. The average molecular weight is 523 g/mol. The molecule has 0 fully saturated rings. The van der Waals surface area contributed by atoms with E-state index in [1.54, 1.807) is 41.1 Å². The SMILES string of the molecule is CC(C)CN(CC(=O)Nc1cc(-c2ccccc2)nn1-c1ccccc1Cl)S(=O)(=O)c1ccccc1. The van der Waals surface area contributed by atoms with Gasteiger partial charge in [0, 0.05) is 18.2 Å². The summed E-state index contributed by atoms with van der Waals surface area (Å²) in [5.74, 6) is -0.0776. The van der Waals surface area contributed by atoms with Gasteiger partial charge in [0.25, 0.3) is 0 Å². The summed E-state index contributed by atoms with van der Waals surface area (Å²) in [5, 5.41) is 7.99. The Balaban J connectivity index is 1.66. The first kappa shape index (κ1) is 25.6. The van der Waals surface area contributed by atoms with Crippen molar-refractivity contribution < 1.29 is 13.2 Å². The van der Waals surface area contributed by atoms with E-state index in [0.717, 1.165) is 5.56 Å². The van der Waals surface area contributed by atoms with Crippen LogP contribution in [0.25, 0.3) is 16.9 Å². The molecule has 0 spiro atoms. The Hall–Kier alpha value is -3.46. The Morgan fingerprint density at radius 3 is 2.22 bits per heavy atom. The smallest absolute Gasteiger partial charge is 0.243 e. The molecule has 0 saturated carbocycles. The Kier molecular flexibility index (Phi) is 7.88. The van der Waals surface area contributed by atoms with Gasteiger partial charge in [0.1, 0.15) is 5.82 Å². The molecular formula is C27H27ClN4O3S. The number of hydrogen-bond acceptors (Lipinski definition) is 4. The summed E-state index contributed by atoms with van der Waals surface area (Å²) in [4.78, 5) is 13.3. The summed E-state index contributed by atoms with van der Waals surface area (Å²) in [6.07, 6.45) is 0. The maximum absolute atomic E-state index is 13.3. The van der Waals surface area contributed by atoms with E-state index in [1.807, 2.05) is 56.3 Å². The predicted molar refractivity (Wildman–Crippen MR) is 143 cm³/mol. The van der Waals surface area contributed by atoms with Crippen molar-refractivity contribution in [2.24, 2.45) is 5.92 Å². The minimum absolute atomic E-state index is 0.0228. The highest BCUT2D eigenvalue weighted by atomic mass is 35.5. The van der Waals surface area contributed by atoms with Gasteiger partial charge in [-0.3, -0.25) is 4.79 Å². The summed E-state index contributed by atoms with van der Waals surface area (Å²) in [5.41, 5.74) is 2.10. The number of nitrogens with zero attached hydrogens (tertiary/aromatic N) is 3. The maximum atomic E-state index is 13.3. The molecule has 3 aromatic carbocycles. The number of nitrogens with one attached hydrogen (secondary N) is 1. The van der Waals surface area contributed by atoms with Gasteiger partial charge in [0.2, 0.25) is 15.9 Å². The third-order valence-electron chi connectivity index (χ3n) is 5.40. The molecule has 0 unspecified atom stereocenters. The van der Waals surface area contributed by atoms with Crippen molar-refractivity contribution in [2.75, 3.05) is 18.4 Å². The van der Waals surface area contributed by atoms with Gasteiger partial charge in [0.05, 0.1) is 27.8 Å². The van der Waals surface area contributed by atoms with Crippen molar-refractivity contribution in [1.82, 2.24) is 14.1 Å². The van der Waals surface area contributed by atoms with Crippen LogP contribution in [0, 0.1) is 5.92 Å². The molecule has 0 saturated heterocycles. The molecule has 1 amide bonds. The van der Waals surface area contributed by atoms with Crippen LogP contribution in [0.3, 0.4) is 0 Å². The van der Waals surface area contributed by atoms with Crippen LogP contribution < -0.4 is 5.32 Å². The number of benzene rings is 3. The number of amides is 1. The first-order valence-corrected chi connectivity index (χ1v) is 13.3. The van der Waals surface area contributed by atoms with Crippen molar-refractivity contribution in [1.29, 1.82) is 0 Å². The molecule has 0 aliphatic rings. The maximum Gasteiger partial charge on any atom is 0.243 e. The van der Waals surface area contributed by atoms with Crippen LogP contribution in [0.4, 0.5) is 5.82 Å². The molecule has 0 atom stereocenters. The summed E-state index contributed by atoms with van der Waals surface area (Å²) in [7, 11) is -3.86. The molecule has 186 valence electrons. The van der Waals surface area contributed by atoms with E-state index in [4.69, 9.17) is 11.6 Å². The Bertz CT molecular complexity index is 1440. The zero-order valence-electron chi connectivity index (χ0n) is 20.0. The molecule has 9 heteroatoms. The molecule has 4 aromatic rings. The quantitative estimate of drug-likeness (QED) is 0.315. The van der Waals surface area contributed by atoms with Crippen molar-refractivity contribution in [2.45, 2.75) is 18.7 Å². The summed E-state index contributed by atoms with van der Waals surface area (Å²) in [6, 6.07) is 26.6. The largest absolute Gasteiger partial charge is 0.309 e. The number of anilines is 1. The number of para-hydroxylation sites is 1. The third kappa shape index (κ3) is 5.84. The number of carbonyl (C=O) groups is 1. The lowest BCUT2D eigenvalue weighted by Crippen LogP contribution is -2.40. The molecule has 1 N–H and O–H groups in total. The average Bonchev–Trinajstić information content (AvgIpc) is 3.28. The van der Waals surface area contributed by atoms with Gasteiger partial charge < -0.3 is 5.32 Å². The lowest BCUT2D eigenvalue weighted by Gasteiger charge is -2.23. The molecule has 1 heterocycles. The predicted octanol–water partition coefficient (Wildman–Crippen LogP) is 5.48. The van der Waals surface area contributed by atoms with Crippen LogP contribution in [-0.2, 0) is 14.8 Å². The number of halogens is 1. The Morgan fingerprint density at radius 2 is 1.58 bits per heavy atom. The standard InChI is InChI=1S/C27H27ClN4O3S/c1-20(2)18-31(36(34,35)22-13-7-4-8-14-22)19-27(33)29-26-17-24(21-11-5-3-6-12-21)30-32(26)25-16-10-9-15-23(25)28/h3-17,20H,18-19H2,1-2H3,(H,29,33). The molecule has 4 rings (SSSR count). The highest BCUT2D eigenvalue weighted by Crippen LogP contribution is 2.28. The minimum atomic E-state index is -3.86. The van der Waals surface area contributed by atoms with E-state index >= 15 is 0 Å². The molecule has 7 nitrogen and oxygen atoms in total. The lowest BCUT2D eigenvalue weighted by atomic mass is 10.1. The van der Waals surface area contributed by atoms with E-state index in [0.29, 0.717) is 22.2 Å². The van der Waals surface area contributed by atoms with Gasteiger partial charge in [0.15, 0.2) is 0 Å². The van der Waals surface area contributed by atoms with E-state index in [-0.39, 0.29) is 23.9 Å². The minimum Gasteiger partial charge on any atom is -0.309 e. The van der Waals surface area contributed by atoms with Crippen molar-refractivity contribution in [3.63, 3.8) is 0 Å². The van der Waals surface area contributed by atoms with Crippen LogP contribution in [0.2, 0.25) is 5.02 Å². The number of aromatic nitrogens is 2. The van der Waals surface area contributed by atoms with E-state index in [1.165, 1.54) is 16.4 Å². The topological polar surface area (TPSA) is 84.3 Å². The van der Waals surface area contributed by atoms with Crippen LogP contribution in [0.15, 0.2) is 95.9 Å². The third-order valence-corrected chi connectivity index (χ3v) is 7.54. The van der Waals surface area contributed by atoms with E-state index in [2.05, 4.69) is 10.4 Å². The van der Waals surface area contributed by atoms with Gasteiger partial charge in [-0.2, -0.15) is 9.40 Å². The fraction of sp³-hybridized carbons (Fsp3) is 0.185. The molecule has 36 heavy (non-hydrogen) atoms. The first-order valence-electron chi connectivity index (χ1n) is 11.5. The Labute approximate surface area is 216 Å². The van der Waals surface area contributed by atoms with Gasteiger partial charge >= 0.3 is 0 Å². The van der Waals surface area contributed by atoms with Crippen molar-refractivity contribution in [3.05, 3.63) is 96.0 Å². The van der Waals surface area contributed by atoms with Crippen LogP contribution in [-0.4, -0.2) is 41.5 Å². The van der Waals surface area contributed by atoms with E-state index in [9.17, 15) is 13.2 Å². The monoisotopic (exact) mass is 522 g/mol. The molecule has 0 aliphatic carbocycles. The Morgan fingerprint density at radius 1 is 0.972 bits per heavy atom. The summed E-state index contributed by atoms with van der Waals surface area (Å²) >= 11 is 6.43. The van der Waals surface area contributed by atoms with Gasteiger partial charge in [-0.25, -0.2) is 13.1 Å². The van der Waals surface area contributed by atoms with Gasteiger partial charge in [-0.1, -0.05) is 86.1 Å². The summed E-state index contributed by atoms with van der Waals surface area (Å²) in [6.45, 7) is 3.67. The normalized spacial score (nSPS) is 11.7. The highest BCUT2D eigenvalue weighted by Gasteiger charge is 2.28. The second-order valence-electron chi connectivity index (χ2n) is 8.70. The number of sulfonamides is 1. The number of carbonyl (C=O) groups excluding carboxylic acids is 1. The van der Waals surface area contributed by atoms with E-state index < -0.39 is 15.9 Å². The molecule has 0 radical (unpaired) electrons. The molecule has 0 bridgehead atoms. The summed E-state index contributed by atoms with van der Waals surface area (Å²) < 4.78 is 29.3. The van der Waals surface area contributed by atoms with Crippen molar-refractivity contribution >= 4 is 33.3 Å². The highest BCUT2D eigenvalue weighted by molar-refractivity contribution is 7.89. The van der Waals surface area contributed by atoms with Crippen molar-refractivity contribution in [3.8, 4) is 16.9 Å². The number of hydrogen-bond donors (Lipinski definition) is 1. The van der Waals surface area contributed by atoms with Crippen LogP contribution >= 0.6 is 11.6 Å². The lowest BCUT2D eigenvalue weighted by molar-refractivity contribution is -0.116. The molecule has 0 aliphatic heterocycles. The van der Waals surface area contributed by atoms with Crippen LogP contribution in [0.5, 0.6) is 0 Å². The first-order chi connectivity index (χ1) is 17.3. The molecular weight excluding hydrogens is 496 g/mol. The molecule has 1 aromatic heterocycles. The zero-order chi connectivity index (χ0) is 25.7. The zero-order valence-corrected chi connectivity index (χ0v) is 21.6. The fourth-order valence-corrected chi connectivity index (χ4v) is 5.56. The van der Waals surface area contributed by atoms with Gasteiger partial charge in [-0.15, -0.1) is 0 Å². The second kappa shape index (κ2) is 11.1. The van der Waals surface area contributed by atoms with Gasteiger partial charge in [-0.05, 0) is 30.2 Å². The second-order valence-corrected chi connectivity index (χ2v) is 11.0. The number of rotatable bonds is 9. The van der Waals surface area contributed by atoms with Crippen LogP contribution in [0.1, 0.15) is 13.8 Å².